The van der Waals surface area contributed by atoms with E-state index in [-0.39, 0.29) is 30.4 Å². The van der Waals surface area contributed by atoms with E-state index in [1.807, 2.05) is 4.90 Å². The number of fused-ring (bicyclic) bond motifs is 5. The van der Waals surface area contributed by atoms with Gasteiger partial charge >= 0.3 is 6.09 Å². The molecule has 1 aliphatic carbocycles. The summed E-state index contributed by atoms with van der Waals surface area (Å²) < 4.78 is 22.9. The van der Waals surface area contributed by atoms with E-state index in [1.54, 1.807) is 0 Å². The number of hydrogen-bond donors (Lipinski definition) is 0. The summed E-state index contributed by atoms with van der Waals surface area (Å²) >= 11 is 0. The molecule has 2 aromatic carbocycles. The van der Waals surface area contributed by atoms with Gasteiger partial charge in [-0.2, -0.15) is 0 Å². The first-order valence-corrected chi connectivity index (χ1v) is 11.9. The van der Waals surface area contributed by atoms with Crippen molar-refractivity contribution < 1.29 is 23.7 Å². The lowest BCUT2D eigenvalue weighted by Gasteiger charge is -2.44. The lowest BCUT2D eigenvalue weighted by molar-refractivity contribution is -0.0493. The zero-order chi connectivity index (χ0) is 22.2. The first kappa shape index (κ1) is 20.9. The molecule has 6 rings (SSSR count). The second-order valence-electron chi connectivity index (χ2n) is 9.21. The molecule has 0 radical (unpaired) electrons. The van der Waals surface area contributed by atoms with Gasteiger partial charge in [-0.05, 0) is 35.1 Å². The van der Waals surface area contributed by atoms with Crippen molar-refractivity contribution in [3.05, 3.63) is 71.3 Å². The molecule has 33 heavy (non-hydrogen) atoms. The normalized spacial score (nSPS) is 24.4. The molecule has 2 saturated heterocycles. The summed E-state index contributed by atoms with van der Waals surface area (Å²) in [5.41, 5.74) is 6.29. The zero-order valence-corrected chi connectivity index (χ0v) is 18.7. The Labute approximate surface area is 194 Å². The third kappa shape index (κ3) is 3.97. The minimum absolute atomic E-state index is 0.0183. The predicted molar refractivity (Wildman–Crippen MR) is 123 cm³/mol. The van der Waals surface area contributed by atoms with E-state index in [1.165, 1.54) is 27.8 Å². The van der Waals surface area contributed by atoms with Crippen molar-refractivity contribution in [3.8, 4) is 11.1 Å². The number of hydrogen-bond acceptors (Lipinski definition) is 5. The summed E-state index contributed by atoms with van der Waals surface area (Å²) in [5, 5.41) is 0. The van der Waals surface area contributed by atoms with Crippen molar-refractivity contribution in [1.82, 2.24) is 4.90 Å². The van der Waals surface area contributed by atoms with Crippen LogP contribution < -0.4 is 0 Å². The van der Waals surface area contributed by atoms with Crippen LogP contribution in [0, 0.1) is 0 Å². The highest BCUT2D eigenvalue weighted by Crippen LogP contribution is 2.44. The Balaban J connectivity index is 1.14. The number of benzene rings is 2. The first-order chi connectivity index (χ1) is 16.3. The number of amides is 1. The van der Waals surface area contributed by atoms with Gasteiger partial charge in [0.25, 0.3) is 0 Å². The molecule has 2 unspecified atom stereocenters. The molecular formula is C27H29NO5. The maximum Gasteiger partial charge on any atom is 0.410 e. The molecule has 0 spiro atoms. The van der Waals surface area contributed by atoms with Gasteiger partial charge in [-0.3, -0.25) is 4.90 Å². The fourth-order valence-corrected chi connectivity index (χ4v) is 5.70. The fraction of sp³-hybridized carbons (Fsp3) is 0.444. The Morgan fingerprint density at radius 2 is 1.67 bits per heavy atom. The Bertz CT molecular complexity index is 1010. The smallest absolute Gasteiger partial charge is 0.410 e. The molecular weight excluding hydrogens is 418 g/mol. The maximum absolute atomic E-state index is 13.2. The van der Waals surface area contributed by atoms with Gasteiger partial charge in [0.05, 0.1) is 38.5 Å². The van der Waals surface area contributed by atoms with Gasteiger partial charge in [0.2, 0.25) is 0 Å². The van der Waals surface area contributed by atoms with Crippen LogP contribution in [0.3, 0.4) is 0 Å². The standard InChI is InChI=1S/C27H29NO5/c29-27(33-17-25-23-7-3-1-5-21(23)22-6-2-4-8-24(22)25)28-19-13-18(14-20(28)16-30-15-19)9-10-26-31-11-12-32-26/h1-8,13,19-20,25-26H,9-12,14-17H2. The van der Waals surface area contributed by atoms with Crippen LogP contribution in [0.5, 0.6) is 0 Å². The average Bonchev–Trinajstić information content (AvgIpc) is 3.47. The average molecular weight is 448 g/mol. The van der Waals surface area contributed by atoms with E-state index >= 15 is 0 Å². The number of ether oxygens (including phenoxy) is 4. The van der Waals surface area contributed by atoms with E-state index in [4.69, 9.17) is 18.9 Å². The molecule has 1 amide bonds. The van der Waals surface area contributed by atoms with E-state index in [0.29, 0.717) is 33.0 Å². The number of carbonyl (C=O) groups excluding carboxylic acids is 1. The highest BCUT2D eigenvalue weighted by Gasteiger charge is 2.39. The second-order valence-corrected chi connectivity index (χ2v) is 9.21. The van der Waals surface area contributed by atoms with E-state index < -0.39 is 0 Å². The van der Waals surface area contributed by atoms with Crippen LogP contribution >= 0.6 is 0 Å². The first-order valence-electron chi connectivity index (χ1n) is 11.9. The third-order valence-corrected chi connectivity index (χ3v) is 7.21. The number of carbonyl (C=O) groups is 1. The van der Waals surface area contributed by atoms with E-state index in [9.17, 15) is 4.79 Å². The van der Waals surface area contributed by atoms with Crippen LogP contribution in [0.1, 0.15) is 36.3 Å². The van der Waals surface area contributed by atoms with Gasteiger partial charge in [-0.15, -0.1) is 0 Å². The second kappa shape index (κ2) is 8.93. The van der Waals surface area contributed by atoms with Gasteiger partial charge in [0, 0.05) is 12.3 Å². The molecule has 6 nitrogen and oxygen atoms in total. The summed E-state index contributed by atoms with van der Waals surface area (Å²) in [6.45, 7) is 2.77. The zero-order valence-electron chi connectivity index (χ0n) is 18.7. The maximum atomic E-state index is 13.2. The van der Waals surface area contributed by atoms with Gasteiger partial charge in [-0.25, -0.2) is 4.79 Å². The molecule has 3 aliphatic heterocycles. The van der Waals surface area contributed by atoms with Crippen molar-refractivity contribution in [1.29, 1.82) is 0 Å². The number of morpholine rings is 1. The van der Waals surface area contributed by atoms with Crippen molar-refractivity contribution >= 4 is 6.09 Å². The highest BCUT2D eigenvalue weighted by atomic mass is 16.7. The van der Waals surface area contributed by atoms with Crippen LogP contribution in [0.15, 0.2) is 60.2 Å². The molecule has 172 valence electrons. The van der Waals surface area contributed by atoms with Crippen LogP contribution in [0.4, 0.5) is 4.79 Å². The molecule has 2 aromatic rings. The van der Waals surface area contributed by atoms with Gasteiger partial charge < -0.3 is 18.9 Å². The molecule has 0 saturated carbocycles. The molecule has 3 heterocycles. The summed E-state index contributed by atoms with van der Waals surface area (Å²) in [5.74, 6) is 0.0692. The molecule has 4 aliphatic rings. The van der Waals surface area contributed by atoms with Crippen LogP contribution in [0.25, 0.3) is 11.1 Å². The molecule has 2 fully saturated rings. The minimum atomic E-state index is -0.243. The Morgan fingerprint density at radius 3 is 2.36 bits per heavy atom. The van der Waals surface area contributed by atoms with Crippen molar-refractivity contribution in [2.45, 2.75) is 43.6 Å². The monoisotopic (exact) mass is 447 g/mol. The summed E-state index contributed by atoms with van der Waals surface area (Å²) in [4.78, 5) is 15.1. The molecule has 0 aromatic heterocycles. The number of nitrogens with zero attached hydrogens (tertiary/aromatic N) is 1. The van der Waals surface area contributed by atoms with Gasteiger partial charge in [-0.1, -0.05) is 60.2 Å². The quantitative estimate of drug-likeness (QED) is 0.633. The lowest BCUT2D eigenvalue weighted by atomic mass is 9.92. The third-order valence-electron chi connectivity index (χ3n) is 7.21. The van der Waals surface area contributed by atoms with Crippen molar-refractivity contribution in [2.75, 3.05) is 33.0 Å². The summed E-state index contributed by atoms with van der Waals surface area (Å²) in [6, 6.07) is 16.8. The molecule has 2 atom stereocenters. The van der Waals surface area contributed by atoms with Crippen molar-refractivity contribution in [3.63, 3.8) is 0 Å². The highest BCUT2D eigenvalue weighted by molar-refractivity contribution is 5.79. The number of rotatable bonds is 5. The van der Waals surface area contributed by atoms with Gasteiger partial charge in [0.1, 0.15) is 6.61 Å². The van der Waals surface area contributed by atoms with Crippen molar-refractivity contribution in [2.24, 2.45) is 0 Å². The largest absolute Gasteiger partial charge is 0.448 e. The molecule has 6 heteroatoms. The molecule has 0 N–H and O–H groups in total. The summed E-state index contributed by atoms with van der Waals surface area (Å²) in [7, 11) is 0. The Hall–Kier alpha value is -2.67. The minimum Gasteiger partial charge on any atom is -0.448 e. The van der Waals surface area contributed by atoms with E-state index in [0.717, 1.165) is 19.3 Å². The topological polar surface area (TPSA) is 57.2 Å². The fourth-order valence-electron chi connectivity index (χ4n) is 5.70. The van der Waals surface area contributed by atoms with Gasteiger partial charge in [0.15, 0.2) is 6.29 Å². The Kier molecular flexibility index (Phi) is 5.66. The Morgan fingerprint density at radius 1 is 0.970 bits per heavy atom. The lowest BCUT2D eigenvalue weighted by Crippen LogP contribution is -2.56. The van der Waals surface area contributed by atoms with Crippen LogP contribution in [-0.2, 0) is 18.9 Å². The van der Waals surface area contributed by atoms with E-state index in [2.05, 4.69) is 54.6 Å². The predicted octanol–water partition coefficient (Wildman–Crippen LogP) is 4.49. The summed E-state index contributed by atoms with van der Waals surface area (Å²) in [6.07, 6.45) is 4.45. The van der Waals surface area contributed by atoms with Crippen LogP contribution in [-0.4, -0.2) is 62.4 Å². The molecule has 2 bridgehead atoms. The SMILES string of the molecule is O=C(OCC1c2ccccc2-c2ccccc21)N1C2C=C(CCC3OCCO3)CC1COC2. The van der Waals surface area contributed by atoms with Crippen LogP contribution in [0.2, 0.25) is 0 Å².